The van der Waals surface area contributed by atoms with Crippen molar-refractivity contribution < 1.29 is 36.9 Å². The third-order valence-corrected chi connectivity index (χ3v) is 3.48. The molecule has 0 aromatic rings. The fourth-order valence-corrected chi connectivity index (χ4v) is 1.10. The smallest absolute Gasteiger partial charge is 0.160 e. The van der Waals surface area contributed by atoms with Crippen molar-refractivity contribution in [1.29, 1.82) is 0 Å². The fourth-order valence-electron chi connectivity index (χ4n) is 1.10. The van der Waals surface area contributed by atoms with Gasteiger partial charge in [0, 0.05) is 27.9 Å². The summed E-state index contributed by atoms with van der Waals surface area (Å²) in [6, 6.07) is 0. The number of allylic oxidation sites excluding steroid dienone is 4. The number of ketones is 2. The minimum Gasteiger partial charge on any atom is -0.875 e. The van der Waals surface area contributed by atoms with Crippen LogP contribution in [0.3, 0.4) is 0 Å². The number of hydrogen-bond acceptors (Lipinski definition) is 4. The van der Waals surface area contributed by atoms with Gasteiger partial charge in [-0.1, -0.05) is 83.1 Å². The van der Waals surface area contributed by atoms with E-state index in [4.69, 9.17) is 0 Å². The van der Waals surface area contributed by atoms with Crippen LogP contribution in [0.1, 0.15) is 83.1 Å². The number of carbonyl (C=O) groups is 2. The Morgan fingerprint density at radius 1 is 0.519 bits per heavy atom. The molecule has 5 heteroatoms. The zero-order chi connectivity index (χ0) is 21.7. The van der Waals surface area contributed by atoms with Crippen molar-refractivity contribution in [3.05, 3.63) is 23.7 Å². The first-order valence-electron chi connectivity index (χ1n) is 8.97. The van der Waals surface area contributed by atoms with E-state index >= 15 is 0 Å². The average molecular weight is 430 g/mol. The van der Waals surface area contributed by atoms with Gasteiger partial charge in [0.25, 0.3) is 0 Å². The Hall–Kier alpha value is -1.06. The normalized spacial score (nSPS) is 13.9. The van der Waals surface area contributed by atoms with E-state index in [2.05, 4.69) is 0 Å². The summed E-state index contributed by atoms with van der Waals surface area (Å²) in [7, 11) is 0. The zero-order valence-electron chi connectivity index (χ0n) is 19.1. The van der Waals surface area contributed by atoms with Crippen LogP contribution in [0.25, 0.3) is 0 Å². The second-order valence-electron chi connectivity index (χ2n) is 10.7. The van der Waals surface area contributed by atoms with Crippen LogP contribution in [0, 0.1) is 21.7 Å². The monoisotopic (exact) mass is 429 g/mol. The molecule has 0 bridgehead atoms. The van der Waals surface area contributed by atoms with E-state index < -0.39 is 21.7 Å². The van der Waals surface area contributed by atoms with Crippen LogP contribution in [0.5, 0.6) is 0 Å². The van der Waals surface area contributed by atoms with Crippen LogP contribution in [-0.2, 0) is 26.7 Å². The molecule has 1 radical (unpaired) electrons. The number of hydrogen-bond donors (Lipinski definition) is 0. The zero-order valence-corrected chi connectivity index (χ0v) is 20.0. The summed E-state index contributed by atoms with van der Waals surface area (Å²) in [5.41, 5.74) is -1.83. The van der Waals surface area contributed by atoms with Gasteiger partial charge in [-0.25, -0.2) is 0 Å². The molecule has 0 fully saturated rings. The van der Waals surface area contributed by atoms with Gasteiger partial charge in [0.1, 0.15) is 0 Å². The second-order valence-corrected chi connectivity index (χ2v) is 10.7. The van der Waals surface area contributed by atoms with E-state index in [0.717, 1.165) is 0 Å². The first-order valence-corrected chi connectivity index (χ1v) is 8.97. The predicted octanol–water partition coefficient (Wildman–Crippen LogP) is 3.78. The van der Waals surface area contributed by atoms with E-state index in [-0.39, 0.29) is 40.2 Å². The molecule has 0 amide bonds. The van der Waals surface area contributed by atoms with Crippen LogP contribution in [-0.4, -0.2) is 11.6 Å². The quantitative estimate of drug-likeness (QED) is 0.380. The molecule has 0 unspecified atom stereocenters. The third-order valence-electron chi connectivity index (χ3n) is 3.48. The van der Waals surface area contributed by atoms with Crippen molar-refractivity contribution in [2.45, 2.75) is 83.1 Å². The Labute approximate surface area is 177 Å². The fraction of sp³-hybridized carbons (Fsp3) is 0.727. The second kappa shape index (κ2) is 10.5. The molecule has 0 aliphatic rings. The Balaban J connectivity index is -0.000000411. The van der Waals surface area contributed by atoms with Crippen LogP contribution < -0.4 is 10.2 Å². The molecular formula is C22H38CuO4-2. The molecule has 0 aromatic heterocycles. The number of rotatable bonds is 2. The molecule has 163 valence electrons. The van der Waals surface area contributed by atoms with E-state index in [9.17, 15) is 19.8 Å². The summed E-state index contributed by atoms with van der Waals surface area (Å²) in [4.78, 5) is 22.9. The van der Waals surface area contributed by atoms with Gasteiger partial charge in [-0.05, 0) is 23.0 Å². The topological polar surface area (TPSA) is 80.3 Å². The molecule has 0 heterocycles. The Morgan fingerprint density at radius 2 is 0.704 bits per heavy atom. The summed E-state index contributed by atoms with van der Waals surface area (Å²) in [5, 5.41) is 22.9. The molecule has 0 rings (SSSR count). The van der Waals surface area contributed by atoms with Gasteiger partial charge < -0.3 is 10.2 Å². The largest absolute Gasteiger partial charge is 0.875 e. The summed E-state index contributed by atoms with van der Waals surface area (Å²) in [6.45, 7) is 21.7. The standard InChI is InChI=1S/2C11H20O2.Cu/c2*1-10(2,3)8(12)7-9(13)11(4,5)6;/h2*7,12H,1-6H3;/p-2/b2*8-7-;. The van der Waals surface area contributed by atoms with Crippen LogP contribution in [0.2, 0.25) is 0 Å². The van der Waals surface area contributed by atoms with Gasteiger partial charge in [-0.2, -0.15) is 0 Å². The summed E-state index contributed by atoms with van der Waals surface area (Å²) in [5.74, 6) is -0.417. The first-order chi connectivity index (χ1) is 11.1. The van der Waals surface area contributed by atoms with Gasteiger partial charge >= 0.3 is 0 Å². The first kappa shape index (κ1) is 30.7. The Bertz CT molecular complexity index is 505. The van der Waals surface area contributed by atoms with Gasteiger partial charge in [0.2, 0.25) is 0 Å². The van der Waals surface area contributed by atoms with E-state index in [0.29, 0.717) is 0 Å². The molecular weight excluding hydrogens is 392 g/mol. The predicted molar refractivity (Wildman–Crippen MR) is 104 cm³/mol. The summed E-state index contributed by atoms with van der Waals surface area (Å²) >= 11 is 0. The van der Waals surface area contributed by atoms with Crippen molar-refractivity contribution in [3.8, 4) is 0 Å². The number of carbonyl (C=O) groups excluding carboxylic acids is 2. The van der Waals surface area contributed by atoms with Crippen molar-refractivity contribution in [3.63, 3.8) is 0 Å². The van der Waals surface area contributed by atoms with E-state index in [1.54, 1.807) is 0 Å². The maximum absolute atomic E-state index is 11.4. The maximum Gasteiger partial charge on any atom is 0.160 e. The van der Waals surface area contributed by atoms with Crippen LogP contribution in [0.4, 0.5) is 0 Å². The molecule has 4 nitrogen and oxygen atoms in total. The van der Waals surface area contributed by atoms with Crippen molar-refractivity contribution in [2.24, 2.45) is 21.7 Å². The molecule has 0 atom stereocenters. The molecule has 0 aromatic carbocycles. The summed E-state index contributed by atoms with van der Waals surface area (Å²) in [6.07, 6.45) is 2.44. The van der Waals surface area contributed by atoms with Crippen LogP contribution in [0.15, 0.2) is 23.7 Å². The van der Waals surface area contributed by atoms with Crippen LogP contribution >= 0.6 is 0 Å². The molecule has 0 aliphatic heterocycles. The van der Waals surface area contributed by atoms with Gasteiger partial charge in [-0.3, -0.25) is 9.59 Å². The Morgan fingerprint density at radius 3 is 0.815 bits per heavy atom. The van der Waals surface area contributed by atoms with Crippen molar-refractivity contribution in [1.82, 2.24) is 0 Å². The minimum absolute atomic E-state index is 0. The molecule has 0 saturated heterocycles. The molecule has 0 saturated carbocycles. The third kappa shape index (κ3) is 13.7. The summed E-state index contributed by atoms with van der Waals surface area (Å²) < 4.78 is 0. The minimum atomic E-state index is -0.457. The van der Waals surface area contributed by atoms with Gasteiger partial charge in [0.15, 0.2) is 11.6 Å². The molecule has 0 N–H and O–H groups in total. The van der Waals surface area contributed by atoms with Crippen molar-refractivity contribution >= 4 is 11.6 Å². The molecule has 0 aliphatic carbocycles. The van der Waals surface area contributed by atoms with E-state index in [1.807, 2.05) is 83.1 Å². The van der Waals surface area contributed by atoms with Gasteiger partial charge in [-0.15, -0.1) is 11.5 Å². The Kier molecular flexibility index (Phi) is 11.9. The molecule has 0 spiro atoms. The average Bonchev–Trinajstić information content (AvgIpc) is 2.34. The maximum atomic E-state index is 11.4. The van der Waals surface area contributed by atoms with Gasteiger partial charge in [0.05, 0.1) is 0 Å². The SMILES string of the molecule is CC(C)(C)C(=O)/C=C(\[O-])C(C)(C)C.CC(C)(C)C(=O)/C=C(\[O-])C(C)(C)C.[Cu]. The molecule has 27 heavy (non-hydrogen) atoms. The van der Waals surface area contributed by atoms with E-state index in [1.165, 1.54) is 12.2 Å². The van der Waals surface area contributed by atoms with Crippen molar-refractivity contribution in [2.75, 3.05) is 0 Å².